The van der Waals surface area contributed by atoms with E-state index in [4.69, 9.17) is 4.74 Å². The summed E-state index contributed by atoms with van der Waals surface area (Å²) in [7, 11) is -4.16. The molecule has 8 nitrogen and oxygen atoms in total. The van der Waals surface area contributed by atoms with Gasteiger partial charge in [0.1, 0.15) is 24.1 Å². The minimum Gasteiger partial charge on any atom is -0.457 e. The van der Waals surface area contributed by atoms with Crippen LogP contribution in [0.1, 0.15) is 26.3 Å². The standard InChI is InChI=1S/C33H34BrN3O5S/c1-24(2)35-33(39)25(3)36(22-26-11-10-12-27(34)21-26)32(38)23-37(43(40,41)31-15-8-5-9-16-31)28-17-19-30(20-18-28)42-29-13-6-4-7-14-29/h4-21,24-25H,22-23H2,1-3H3,(H,35,39)/t25-/m1/s1. The topological polar surface area (TPSA) is 96.0 Å². The minimum absolute atomic E-state index is 0.0385. The van der Waals surface area contributed by atoms with Crippen LogP contribution in [0.15, 0.2) is 119 Å². The van der Waals surface area contributed by atoms with Crippen LogP contribution in [0.5, 0.6) is 11.5 Å². The number of hydrogen-bond donors (Lipinski definition) is 1. The molecule has 0 saturated carbocycles. The highest BCUT2D eigenvalue weighted by atomic mass is 79.9. The lowest BCUT2D eigenvalue weighted by Crippen LogP contribution is -2.52. The molecule has 0 radical (unpaired) electrons. The first-order valence-corrected chi connectivity index (χ1v) is 16.0. The van der Waals surface area contributed by atoms with Crippen LogP contribution in [0.2, 0.25) is 0 Å². The van der Waals surface area contributed by atoms with Gasteiger partial charge in [0, 0.05) is 17.1 Å². The third kappa shape index (κ3) is 8.46. The van der Waals surface area contributed by atoms with Crippen LogP contribution in [0.3, 0.4) is 0 Å². The third-order valence-corrected chi connectivity index (χ3v) is 8.84. The first-order chi connectivity index (χ1) is 20.5. The van der Waals surface area contributed by atoms with Crippen molar-refractivity contribution in [2.45, 2.75) is 44.3 Å². The highest BCUT2D eigenvalue weighted by Gasteiger charge is 2.32. The van der Waals surface area contributed by atoms with E-state index in [1.54, 1.807) is 49.4 Å². The molecule has 0 aliphatic heterocycles. The molecule has 0 unspecified atom stereocenters. The summed E-state index contributed by atoms with van der Waals surface area (Å²) in [5, 5.41) is 2.85. The molecule has 0 saturated heterocycles. The summed E-state index contributed by atoms with van der Waals surface area (Å²) in [6.45, 7) is 4.89. The van der Waals surface area contributed by atoms with Crippen LogP contribution in [0.25, 0.3) is 0 Å². The van der Waals surface area contributed by atoms with E-state index in [-0.39, 0.29) is 29.1 Å². The van der Waals surface area contributed by atoms with Crippen molar-refractivity contribution in [1.29, 1.82) is 0 Å². The lowest BCUT2D eigenvalue weighted by Gasteiger charge is -2.32. The molecule has 0 aromatic heterocycles. The van der Waals surface area contributed by atoms with E-state index in [1.165, 1.54) is 17.0 Å². The van der Waals surface area contributed by atoms with Gasteiger partial charge in [-0.1, -0.05) is 64.5 Å². The predicted molar refractivity (Wildman–Crippen MR) is 171 cm³/mol. The van der Waals surface area contributed by atoms with Gasteiger partial charge in [0.15, 0.2) is 0 Å². The van der Waals surface area contributed by atoms with Gasteiger partial charge in [0.2, 0.25) is 11.8 Å². The fourth-order valence-corrected chi connectivity index (χ4v) is 6.26. The van der Waals surface area contributed by atoms with Crippen molar-refractivity contribution in [3.8, 4) is 11.5 Å². The van der Waals surface area contributed by atoms with Crippen molar-refractivity contribution in [2.75, 3.05) is 10.8 Å². The number of rotatable bonds is 12. The van der Waals surface area contributed by atoms with Crippen LogP contribution in [-0.4, -0.2) is 43.8 Å². The monoisotopic (exact) mass is 663 g/mol. The molecule has 4 aromatic carbocycles. The Morgan fingerprint density at radius 2 is 1.42 bits per heavy atom. The Morgan fingerprint density at radius 3 is 2.02 bits per heavy atom. The zero-order valence-corrected chi connectivity index (χ0v) is 26.6. The van der Waals surface area contributed by atoms with Crippen molar-refractivity contribution in [3.63, 3.8) is 0 Å². The zero-order valence-electron chi connectivity index (χ0n) is 24.2. The SMILES string of the molecule is CC(C)NC(=O)[C@@H](C)N(Cc1cccc(Br)c1)C(=O)CN(c1ccc(Oc2ccccc2)cc1)S(=O)(=O)c1ccccc1. The Labute approximate surface area is 261 Å². The maximum absolute atomic E-state index is 14.0. The molecule has 0 spiro atoms. The molecule has 0 aliphatic rings. The molecule has 224 valence electrons. The first kappa shape index (κ1) is 31.8. The van der Waals surface area contributed by atoms with Crippen LogP contribution < -0.4 is 14.4 Å². The van der Waals surface area contributed by atoms with Gasteiger partial charge in [0.05, 0.1) is 10.6 Å². The number of nitrogens with one attached hydrogen (secondary N) is 1. The summed E-state index contributed by atoms with van der Waals surface area (Å²) < 4.78 is 35.7. The van der Waals surface area contributed by atoms with E-state index in [0.29, 0.717) is 11.5 Å². The Morgan fingerprint density at radius 1 is 0.814 bits per heavy atom. The molecule has 10 heteroatoms. The summed E-state index contributed by atoms with van der Waals surface area (Å²) >= 11 is 3.46. The smallest absolute Gasteiger partial charge is 0.264 e. The molecule has 43 heavy (non-hydrogen) atoms. The van der Waals surface area contributed by atoms with Gasteiger partial charge in [-0.15, -0.1) is 0 Å². The normalized spacial score (nSPS) is 11.9. The molecule has 4 rings (SSSR count). The van der Waals surface area contributed by atoms with E-state index < -0.39 is 28.5 Å². The second kappa shape index (κ2) is 14.3. The van der Waals surface area contributed by atoms with E-state index in [0.717, 1.165) is 14.3 Å². The molecule has 0 fully saturated rings. The number of amides is 2. The van der Waals surface area contributed by atoms with Crippen LogP contribution >= 0.6 is 15.9 Å². The highest BCUT2D eigenvalue weighted by molar-refractivity contribution is 9.10. The van der Waals surface area contributed by atoms with Gasteiger partial charge < -0.3 is 15.0 Å². The predicted octanol–water partition coefficient (Wildman–Crippen LogP) is 6.38. The van der Waals surface area contributed by atoms with E-state index in [9.17, 15) is 18.0 Å². The first-order valence-electron chi connectivity index (χ1n) is 13.8. The molecular formula is C33H34BrN3O5S. The highest BCUT2D eigenvalue weighted by Crippen LogP contribution is 2.28. The third-order valence-electron chi connectivity index (χ3n) is 6.55. The number of anilines is 1. The maximum Gasteiger partial charge on any atom is 0.264 e. The number of sulfonamides is 1. The van der Waals surface area contributed by atoms with Gasteiger partial charge in [-0.2, -0.15) is 0 Å². The number of ether oxygens (including phenoxy) is 1. The molecule has 0 aliphatic carbocycles. The lowest BCUT2D eigenvalue weighted by molar-refractivity contribution is -0.139. The second-order valence-corrected chi connectivity index (χ2v) is 13.0. The van der Waals surface area contributed by atoms with Crippen molar-refractivity contribution in [3.05, 3.63) is 119 Å². The molecule has 0 heterocycles. The van der Waals surface area contributed by atoms with Crippen molar-refractivity contribution in [1.82, 2.24) is 10.2 Å². The van der Waals surface area contributed by atoms with Crippen LogP contribution in [0.4, 0.5) is 5.69 Å². The Balaban J connectivity index is 1.69. The van der Waals surface area contributed by atoms with Gasteiger partial charge in [-0.25, -0.2) is 8.42 Å². The summed E-state index contributed by atoms with van der Waals surface area (Å²) in [6.07, 6.45) is 0. The number of nitrogens with zero attached hydrogens (tertiary/aromatic N) is 2. The molecule has 0 bridgehead atoms. The largest absolute Gasteiger partial charge is 0.457 e. The minimum atomic E-state index is -4.16. The van der Waals surface area contributed by atoms with E-state index in [1.807, 2.05) is 68.4 Å². The zero-order chi connectivity index (χ0) is 31.0. The molecule has 4 aromatic rings. The molecule has 1 N–H and O–H groups in total. The molecule has 1 atom stereocenters. The van der Waals surface area contributed by atoms with Gasteiger partial charge in [-0.05, 0) is 87.0 Å². The summed E-state index contributed by atoms with van der Waals surface area (Å²) in [4.78, 5) is 28.5. The number of carbonyl (C=O) groups excluding carboxylic acids is 2. The number of carbonyl (C=O) groups is 2. The molecular weight excluding hydrogens is 630 g/mol. The quantitative estimate of drug-likeness (QED) is 0.190. The Kier molecular flexibility index (Phi) is 10.6. The summed E-state index contributed by atoms with van der Waals surface area (Å²) in [6, 6.07) is 30.1. The Hall–Kier alpha value is -4.15. The fraction of sp³-hybridized carbons (Fsp3) is 0.212. The van der Waals surface area contributed by atoms with E-state index in [2.05, 4.69) is 21.2 Å². The van der Waals surface area contributed by atoms with E-state index >= 15 is 0 Å². The van der Waals surface area contributed by atoms with Crippen molar-refractivity contribution >= 4 is 43.5 Å². The average molecular weight is 665 g/mol. The Bertz CT molecular complexity index is 1630. The van der Waals surface area contributed by atoms with Crippen LogP contribution in [0, 0.1) is 0 Å². The number of hydrogen-bond acceptors (Lipinski definition) is 5. The van der Waals surface area contributed by atoms with Gasteiger partial charge in [-0.3, -0.25) is 13.9 Å². The summed E-state index contributed by atoms with van der Waals surface area (Å²) in [5.74, 6) is 0.276. The van der Waals surface area contributed by atoms with Crippen molar-refractivity contribution < 1.29 is 22.7 Å². The summed E-state index contributed by atoms with van der Waals surface area (Å²) in [5.41, 5.74) is 1.06. The average Bonchev–Trinajstić information content (AvgIpc) is 2.99. The van der Waals surface area contributed by atoms with Crippen LogP contribution in [-0.2, 0) is 26.2 Å². The van der Waals surface area contributed by atoms with Gasteiger partial charge >= 0.3 is 0 Å². The fourth-order valence-electron chi connectivity index (χ4n) is 4.37. The maximum atomic E-state index is 14.0. The molecule has 2 amide bonds. The van der Waals surface area contributed by atoms with Crippen molar-refractivity contribution in [2.24, 2.45) is 0 Å². The number of para-hydroxylation sites is 1. The van der Waals surface area contributed by atoms with Gasteiger partial charge in [0.25, 0.3) is 10.0 Å². The lowest BCUT2D eigenvalue weighted by atomic mass is 10.1. The second-order valence-electron chi connectivity index (χ2n) is 10.2. The number of benzene rings is 4. The number of halogens is 1.